The van der Waals surface area contributed by atoms with E-state index < -0.39 is 11.5 Å². The number of carboxylic acids is 1. The highest BCUT2D eigenvalue weighted by atomic mass is 32.2. The highest BCUT2D eigenvalue weighted by Gasteiger charge is 2.52. The molecule has 0 spiro atoms. The largest absolute Gasteiger partial charge is 0.480 e. The van der Waals surface area contributed by atoms with Crippen molar-refractivity contribution in [3.05, 3.63) is 12.7 Å². The van der Waals surface area contributed by atoms with Gasteiger partial charge in [-0.15, -0.1) is 6.58 Å². The average molecular weight is 229 g/mol. The third-order valence-corrected chi connectivity index (χ3v) is 4.39. The molecule has 0 bridgehead atoms. The molecular formula is C11H19NO2S. The molecule has 1 saturated heterocycles. The summed E-state index contributed by atoms with van der Waals surface area (Å²) in [6.45, 7) is 8.21. The molecule has 0 aromatic rings. The van der Waals surface area contributed by atoms with Gasteiger partial charge in [0.25, 0.3) is 0 Å². The van der Waals surface area contributed by atoms with E-state index in [0.29, 0.717) is 12.3 Å². The van der Waals surface area contributed by atoms with E-state index in [9.17, 15) is 9.90 Å². The van der Waals surface area contributed by atoms with Gasteiger partial charge >= 0.3 is 5.97 Å². The van der Waals surface area contributed by atoms with Gasteiger partial charge in [-0.25, -0.2) is 0 Å². The quantitative estimate of drug-likeness (QED) is 0.721. The fourth-order valence-corrected chi connectivity index (χ4v) is 3.65. The van der Waals surface area contributed by atoms with Crippen LogP contribution in [0.4, 0.5) is 0 Å². The summed E-state index contributed by atoms with van der Waals surface area (Å²) in [6.07, 6.45) is 2.63. The molecule has 15 heavy (non-hydrogen) atoms. The Morgan fingerprint density at radius 1 is 1.67 bits per heavy atom. The molecule has 1 aliphatic rings. The second kappa shape index (κ2) is 4.58. The Morgan fingerprint density at radius 2 is 2.33 bits per heavy atom. The van der Waals surface area contributed by atoms with E-state index in [-0.39, 0.29) is 5.41 Å². The Hall–Kier alpha value is -0.480. The summed E-state index contributed by atoms with van der Waals surface area (Å²) in [4.78, 5) is 11.5. The molecule has 1 atom stereocenters. The van der Waals surface area contributed by atoms with Crippen molar-refractivity contribution in [1.82, 2.24) is 5.32 Å². The number of thioether (sulfide) groups is 1. The molecule has 0 amide bonds. The first kappa shape index (κ1) is 12.6. The Labute approximate surface area is 95.3 Å². The second-order valence-corrected chi connectivity index (χ2v) is 5.67. The smallest absolute Gasteiger partial charge is 0.325 e. The molecule has 2 N–H and O–H groups in total. The van der Waals surface area contributed by atoms with Crippen LogP contribution in [0.1, 0.15) is 20.3 Å². The number of nitrogens with one attached hydrogen (secondary N) is 1. The van der Waals surface area contributed by atoms with Crippen LogP contribution in [0.25, 0.3) is 0 Å². The standard InChI is InChI=1S/C11H19NO2S/c1-4-6-12-11(9(13)14)8-15-7-5-10(11,2)3/h4,12H,1,5-8H2,2-3H3,(H,13,14). The zero-order valence-corrected chi connectivity index (χ0v) is 10.2. The lowest BCUT2D eigenvalue weighted by atomic mass is 9.70. The van der Waals surface area contributed by atoms with Gasteiger partial charge in [0.2, 0.25) is 0 Å². The van der Waals surface area contributed by atoms with Crippen molar-refractivity contribution in [3.8, 4) is 0 Å². The van der Waals surface area contributed by atoms with Gasteiger partial charge in [-0.05, 0) is 17.6 Å². The van der Waals surface area contributed by atoms with Crippen molar-refractivity contribution in [1.29, 1.82) is 0 Å². The molecule has 0 radical (unpaired) electrons. The molecular weight excluding hydrogens is 210 g/mol. The van der Waals surface area contributed by atoms with Crippen molar-refractivity contribution in [2.24, 2.45) is 5.41 Å². The van der Waals surface area contributed by atoms with E-state index in [1.54, 1.807) is 17.8 Å². The average Bonchev–Trinajstić information content (AvgIpc) is 2.15. The van der Waals surface area contributed by atoms with Gasteiger partial charge in [-0.1, -0.05) is 19.9 Å². The first-order valence-corrected chi connectivity index (χ1v) is 6.29. The minimum absolute atomic E-state index is 0.215. The van der Waals surface area contributed by atoms with Crippen molar-refractivity contribution in [3.63, 3.8) is 0 Å². The van der Waals surface area contributed by atoms with Crippen molar-refractivity contribution in [2.75, 3.05) is 18.1 Å². The molecule has 3 nitrogen and oxygen atoms in total. The zero-order chi connectivity index (χ0) is 11.5. The van der Waals surface area contributed by atoms with Crippen LogP contribution in [0.5, 0.6) is 0 Å². The van der Waals surface area contributed by atoms with Gasteiger partial charge in [0.05, 0.1) is 0 Å². The first-order valence-electron chi connectivity index (χ1n) is 5.13. The van der Waals surface area contributed by atoms with E-state index in [1.807, 2.05) is 13.8 Å². The fourth-order valence-electron chi connectivity index (χ4n) is 1.92. The van der Waals surface area contributed by atoms with Crippen molar-refractivity contribution >= 4 is 17.7 Å². The van der Waals surface area contributed by atoms with Gasteiger partial charge in [-0.2, -0.15) is 11.8 Å². The fraction of sp³-hybridized carbons (Fsp3) is 0.727. The molecule has 0 aromatic heterocycles. The molecule has 0 aromatic carbocycles. The molecule has 4 heteroatoms. The van der Waals surface area contributed by atoms with Crippen LogP contribution in [-0.2, 0) is 4.79 Å². The molecule has 1 fully saturated rings. The second-order valence-electron chi connectivity index (χ2n) is 4.57. The van der Waals surface area contributed by atoms with E-state index in [2.05, 4.69) is 11.9 Å². The van der Waals surface area contributed by atoms with Crippen LogP contribution in [-0.4, -0.2) is 34.7 Å². The van der Waals surface area contributed by atoms with Crippen molar-refractivity contribution < 1.29 is 9.90 Å². The molecule has 1 unspecified atom stereocenters. The Kier molecular flexibility index (Phi) is 3.84. The normalized spacial score (nSPS) is 29.7. The maximum Gasteiger partial charge on any atom is 0.325 e. The summed E-state index contributed by atoms with van der Waals surface area (Å²) in [7, 11) is 0. The lowest BCUT2D eigenvalue weighted by Gasteiger charge is -2.47. The predicted octanol–water partition coefficient (Wildman–Crippen LogP) is 1.75. The summed E-state index contributed by atoms with van der Waals surface area (Å²) in [6, 6.07) is 0. The SMILES string of the molecule is C=CCNC1(C(=O)O)CSCCC1(C)C. The predicted molar refractivity (Wildman–Crippen MR) is 64.3 cm³/mol. The van der Waals surface area contributed by atoms with Crippen LogP contribution < -0.4 is 5.32 Å². The van der Waals surface area contributed by atoms with Crippen LogP contribution in [0, 0.1) is 5.41 Å². The Balaban J connectivity index is 2.95. The van der Waals surface area contributed by atoms with Crippen LogP contribution in [0.2, 0.25) is 0 Å². The minimum atomic E-state index is -0.815. The molecule has 86 valence electrons. The summed E-state index contributed by atoms with van der Waals surface area (Å²) in [5, 5.41) is 12.6. The van der Waals surface area contributed by atoms with Crippen molar-refractivity contribution in [2.45, 2.75) is 25.8 Å². The number of aliphatic carboxylic acids is 1. The maximum absolute atomic E-state index is 11.5. The highest BCUT2D eigenvalue weighted by Crippen LogP contribution is 2.42. The van der Waals surface area contributed by atoms with Gasteiger partial charge in [-0.3, -0.25) is 10.1 Å². The van der Waals surface area contributed by atoms with Gasteiger partial charge in [0, 0.05) is 12.3 Å². The number of hydrogen-bond donors (Lipinski definition) is 2. The van der Waals surface area contributed by atoms with E-state index >= 15 is 0 Å². The zero-order valence-electron chi connectivity index (χ0n) is 9.38. The van der Waals surface area contributed by atoms with Gasteiger partial charge in [0.1, 0.15) is 5.54 Å². The first-order chi connectivity index (χ1) is 6.96. The minimum Gasteiger partial charge on any atom is -0.480 e. The molecule has 1 rings (SSSR count). The van der Waals surface area contributed by atoms with E-state index in [4.69, 9.17) is 0 Å². The van der Waals surface area contributed by atoms with Gasteiger partial charge < -0.3 is 5.11 Å². The number of hydrogen-bond acceptors (Lipinski definition) is 3. The van der Waals surface area contributed by atoms with E-state index in [0.717, 1.165) is 12.2 Å². The topological polar surface area (TPSA) is 49.3 Å². The summed E-state index contributed by atoms with van der Waals surface area (Å²) in [5.74, 6) is 0.919. The Bertz CT molecular complexity index is 265. The van der Waals surface area contributed by atoms with Gasteiger partial charge in [0.15, 0.2) is 0 Å². The third kappa shape index (κ3) is 2.21. The maximum atomic E-state index is 11.5. The number of carboxylic acid groups (broad SMARTS) is 1. The Morgan fingerprint density at radius 3 is 2.80 bits per heavy atom. The molecule has 1 aliphatic heterocycles. The lowest BCUT2D eigenvalue weighted by molar-refractivity contribution is -0.149. The summed E-state index contributed by atoms with van der Waals surface area (Å²) < 4.78 is 0. The van der Waals surface area contributed by atoms with Crippen LogP contribution >= 0.6 is 11.8 Å². The molecule has 1 heterocycles. The summed E-state index contributed by atoms with van der Waals surface area (Å²) in [5.41, 5.74) is -1.03. The van der Waals surface area contributed by atoms with E-state index in [1.165, 1.54) is 0 Å². The van der Waals surface area contributed by atoms with Crippen LogP contribution in [0.15, 0.2) is 12.7 Å². The monoisotopic (exact) mass is 229 g/mol. The highest BCUT2D eigenvalue weighted by molar-refractivity contribution is 7.99. The summed E-state index contributed by atoms with van der Waals surface area (Å²) >= 11 is 1.71. The molecule has 0 aliphatic carbocycles. The number of rotatable bonds is 4. The third-order valence-electron chi connectivity index (χ3n) is 3.26. The number of carbonyl (C=O) groups is 1. The van der Waals surface area contributed by atoms with Crippen LogP contribution in [0.3, 0.4) is 0 Å². The lowest BCUT2D eigenvalue weighted by Crippen LogP contribution is -2.65. The molecule has 0 saturated carbocycles.